The summed E-state index contributed by atoms with van der Waals surface area (Å²) >= 11 is 0. The van der Waals surface area contributed by atoms with Crippen LogP contribution in [0.1, 0.15) is 72.3 Å². The molecule has 1 aromatic carbocycles. The van der Waals surface area contributed by atoms with Crippen LogP contribution in [0.3, 0.4) is 0 Å². The van der Waals surface area contributed by atoms with Crippen molar-refractivity contribution in [1.82, 2.24) is 4.90 Å². The highest BCUT2D eigenvalue weighted by Crippen LogP contribution is 2.42. The van der Waals surface area contributed by atoms with E-state index < -0.39 is 10.0 Å². The van der Waals surface area contributed by atoms with Crippen LogP contribution in [0.5, 0.6) is 0 Å². The van der Waals surface area contributed by atoms with Crippen LogP contribution in [-0.2, 0) is 15.4 Å². The average Bonchev–Trinajstić information content (AvgIpc) is 2.61. The summed E-state index contributed by atoms with van der Waals surface area (Å²) in [6.45, 7) is 14.4. The minimum absolute atomic E-state index is 0.0141. The molecular formula is C23H40N2O2S. The molecule has 5 heteroatoms. The maximum atomic E-state index is 12.3. The number of benzene rings is 1. The quantitative estimate of drug-likeness (QED) is 0.537. The zero-order valence-corrected chi connectivity index (χ0v) is 19.3. The maximum Gasteiger partial charge on any atom is 0.232 e. The largest absolute Gasteiger partial charge is 0.303 e. The number of piperidine rings is 1. The lowest BCUT2D eigenvalue weighted by Crippen LogP contribution is -2.47. The summed E-state index contributed by atoms with van der Waals surface area (Å²) in [4.78, 5) is 2.59. The molecule has 0 aliphatic carbocycles. The third-order valence-electron chi connectivity index (χ3n) is 6.35. The second-order valence-corrected chi connectivity index (χ2v) is 11.1. The summed E-state index contributed by atoms with van der Waals surface area (Å²) in [5, 5.41) is 0. The minimum Gasteiger partial charge on any atom is -0.303 e. The summed E-state index contributed by atoms with van der Waals surface area (Å²) < 4.78 is 27.5. The molecule has 0 saturated carbocycles. The number of anilines is 1. The topological polar surface area (TPSA) is 49.4 Å². The molecule has 0 radical (unpaired) electrons. The van der Waals surface area contributed by atoms with E-state index in [1.807, 2.05) is 25.1 Å². The molecule has 0 spiro atoms. The summed E-state index contributed by atoms with van der Waals surface area (Å²) in [7, 11) is -3.28. The van der Waals surface area contributed by atoms with Crippen LogP contribution in [0.4, 0.5) is 5.69 Å². The van der Waals surface area contributed by atoms with Crippen molar-refractivity contribution in [1.29, 1.82) is 0 Å². The summed E-state index contributed by atoms with van der Waals surface area (Å²) in [6, 6.07) is 7.98. The summed E-state index contributed by atoms with van der Waals surface area (Å²) in [6.07, 6.45) is 5.57. The highest BCUT2D eigenvalue weighted by atomic mass is 32.2. The van der Waals surface area contributed by atoms with Crippen molar-refractivity contribution in [3.8, 4) is 0 Å². The second-order valence-electron chi connectivity index (χ2n) is 9.23. The number of likely N-dealkylation sites (tertiary alicyclic amines) is 1. The van der Waals surface area contributed by atoms with E-state index in [-0.39, 0.29) is 11.2 Å². The van der Waals surface area contributed by atoms with Gasteiger partial charge >= 0.3 is 0 Å². The van der Waals surface area contributed by atoms with Crippen LogP contribution >= 0.6 is 0 Å². The van der Waals surface area contributed by atoms with Crippen molar-refractivity contribution in [3.05, 3.63) is 29.8 Å². The molecular weight excluding hydrogens is 368 g/mol. The highest BCUT2D eigenvalue weighted by molar-refractivity contribution is 7.92. The first-order valence-electron chi connectivity index (χ1n) is 11.0. The molecule has 28 heavy (non-hydrogen) atoms. The Hall–Kier alpha value is -1.07. The van der Waals surface area contributed by atoms with E-state index in [0.29, 0.717) is 12.3 Å². The molecule has 1 aliphatic heterocycles. The predicted octanol–water partition coefficient (Wildman–Crippen LogP) is 5.26. The molecule has 0 amide bonds. The van der Waals surface area contributed by atoms with E-state index in [4.69, 9.17) is 0 Å². The van der Waals surface area contributed by atoms with Gasteiger partial charge in [-0.25, -0.2) is 8.42 Å². The van der Waals surface area contributed by atoms with Crippen LogP contribution in [0.2, 0.25) is 0 Å². The Labute approximate surface area is 173 Å². The number of sulfonamides is 1. The smallest absolute Gasteiger partial charge is 0.232 e. The van der Waals surface area contributed by atoms with E-state index in [0.717, 1.165) is 36.7 Å². The van der Waals surface area contributed by atoms with E-state index in [1.165, 1.54) is 25.8 Å². The van der Waals surface area contributed by atoms with Crippen LogP contribution in [-0.4, -0.2) is 38.7 Å². The van der Waals surface area contributed by atoms with Gasteiger partial charge in [0, 0.05) is 6.54 Å². The summed E-state index contributed by atoms with van der Waals surface area (Å²) in [5.74, 6) is 1.43. The van der Waals surface area contributed by atoms with E-state index >= 15 is 0 Å². The first-order valence-corrected chi connectivity index (χ1v) is 12.7. The fraction of sp³-hybridized carbons (Fsp3) is 0.739. The molecule has 0 aromatic heterocycles. The Morgan fingerprint density at radius 1 is 1.25 bits per heavy atom. The van der Waals surface area contributed by atoms with Crippen molar-refractivity contribution in [2.75, 3.05) is 30.1 Å². The molecule has 4 nitrogen and oxygen atoms in total. The Morgan fingerprint density at radius 2 is 1.96 bits per heavy atom. The lowest BCUT2D eigenvalue weighted by Gasteiger charge is -2.45. The van der Waals surface area contributed by atoms with Crippen LogP contribution in [0.15, 0.2) is 24.3 Å². The van der Waals surface area contributed by atoms with Gasteiger partial charge in [-0.3, -0.25) is 4.72 Å². The molecule has 1 fully saturated rings. The average molecular weight is 409 g/mol. The first-order chi connectivity index (χ1) is 13.2. The van der Waals surface area contributed by atoms with Gasteiger partial charge < -0.3 is 4.90 Å². The number of hydrogen-bond donors (Lipinski definition) is 1. The molecule has 1 N–H and O–H groups in total. The van der Waals surface area contributed by atoms with Crippen LogP contribution in [0, 0.1) is 11.8 Å². The van der Waals surface area contributed by atoms with Crippen molar-refractivity contribution >= 4 is 15.7 Å². The predicted molar refractivity (Wildman–Crippen MR) is 120 cm³/mol. The number of nitrogens with zero attached hydrogens (tertiary/aromatic N) is 1. The number of nitrogens with one attached hydrogen (secondary N) is 1. The maximum absolute atomic E-state index is 12.3. The number of unbranched alkanes of at least 4 members (excludes halogenated alkanes) is 1. The molecule has 1 heterocycles. The van der Waals surface area contributed by atoms with Gasteiger partial charge in [0.25, 0.3) is 0 Å². The van der Waals surface area contributed by atoms with Gasteiger partial charge in [0.15, 0.2) is 0 Å². The van der Waals surface area contributed by atoms with E-state index in [1.54, 1.807) is 0 Å². The number of hydrogen-bond acceptors (Lipinski definition) is 3. The molecule has 1 aliphatic rings. The van der Waals surface area contributed by atoms with Crippen molar-refractivity contribution in [3.63, 3.8) is 0 Å². The van der Waals surface area contributed by atoms with Gasteiger partial charge in [0.2, 0.25) is 10.0 Å². The normalized spacial score (nSPS) is 23.9. The Balaban J connectivity index is 2.07. The van der Waals surface area contributed by atoms with Crippen molar-refractivity contribution in [2.45, 2.75) is 72.1 Å². The van der Waals surface area contributed by atoms with Crippen LogP contribution < -0.4 is 4.72 Å². The van der Waals surface area contributed by atoms with Gasteiger partial charge in [-0.15, -0.1) is 0 Å². The fourth-order valence-electron chi connectivity index (χ4n) is 4.37. The van der Waals surface area contributed by atoms with Crippen LogP contribution in [0.25, 0.3) is 0 Å². The molecule has 0 bridgehead atoms. The molecule has 160 valence electrons. The number of rotatable bonds is 10. The molecule has 0 unspecified atom stereocenters. The third kappa shape index (κ3) is 6.21. The van der Waals surface area contributed by atoms with E-state index in [9.17, 15) is 8.42 Å². The molecule has 2 rings (SSSR count). The zero-order valence-electron chi connectivity index (χ0n) is 18.5. The number of para-hydroxylation sites is 1. The standard InChI is InChI=1S/C23H40N2O2S/c1-6-17-28(26,27)24-22-13-8-7-12-21(22)23(5)14-16-25(18-20(23)4)15-10-9-11-19(2)3/h7-8,12-13,19-20,24H,6,9-11,14-18H2,1-5H3/t20-,23-/m0/s1. The SMILES string of the molecule is CCCS(=O)(=O)Nc1ccccc1[C@@]1(C)CCN(CCCCC(C)C)C[C@@H]1C. The Kier molecular flexibility index (Phi) is 8.38. The molecule has 1 aromatic rings. The second kappa shape index (κ2) is 10.1. The highest BCUT2D eigenvalue weighted by Gasteiger charge is 2.39. The summed E-state index contributed by atoms with van der Waals surface area (Å²) in [5.41, 5.74) is 1.89. The Bertz CT molecular complexity index is 717. The van der Waals surface area contributed by atoms with Gasteiger partial charge in [-0.1, -0.05) is 65.7 Å². The fourth-order valence-corrected chi connectivity index (χ4v) is 5.52. The van der Waals surface area contributed by atoms with Gasteiger partial charge in [0.1, 0.15) is 0 Å². The van der Waals surface area contributed by atoms with Crippen molar-refractivity contribution < 1.29 is 8.42 Å². The molecule has 2 atom stereocenters. The zero-order chi connectivity index (χ0) is 20.8. The first kappa shape index (κ1) is 23.2. The third-order valence-corrected chi connectivity index (χ3v) is 7.83. The monoisotopic (exact) mass is 408 g/mol. The lowest BCUT2D eigenvalue weighted by molar-refractivity contribution is 0.110. The van der Waals surface area contributed by atoms with Gasteiger partial charge in [0.05, 0.1) is 11.4 Å². The Morgan fingerprint density at radius 3 is 2.61 bits per heavy atom. The van der Waals surface area contributed by atoms with Gasteiger partial charge in [-0.05, 0) is 61.2 Å². The van der Waals surface area contributed by atoms with Crippen molar-refractivity contribution in [2.24, 2.45) is 11.8 Å². The van der Waals surface area contributed by atoms with E-state index in [2.05, 4.69) is 43.4 Å². The lowest BCUT2D eigenvalue weighted by atomic mass is 9.67. The minimum atomic E-state index is -3.28. The van der Waals surface area contributed by atoms with Gasteiger partial charge in [-0.2, -0.15) is 0 Å². The molecule has 1 saturated heterocycles.